The molecule has 1 atom stereocenters. The van der Waals surface area contributed by atoms with Crippen molar-refractivity contribution in [3.63, 3.8) is 0 Å². The van der Waals surface area contributed by atoms with E-state index in [9.17, 15) is 0 Å². The van der Waals surface area contributed by atoms with E-state index in [4.69, 9.17) is 12.3 Å². The van der Waals surface area contributed by atoms with Crippen molar-refractivity contribution in [2.45, 2.75) is 31.7 Å². The van der Waals surface area contributed by atoms with Gasteiger partial charge in [0.05, 0.1) is 17.4 Å². The number of hydrogen-bond acceptors (Lipinski definition) is 2. The number of fused-ring (bicyclic) bond motifs is 6. The van der Waals surface area contributed by atoms with Gasteiger partial charge in [-0.05, 0) is 108 Å². The molecule has 0 amide bonds. The Balaban J connectivity index is 1.31. The third kappa shape index (κ3) is 5.16. The standard InChI is InChI=1S/C53H42N2/c1-34(55(39-18-5-4-6-19-39)49-27-14-13-26-48(49)54)50-40-20-9-10-21-41(40)51(44-23-15-25-47-52(44)43-22-11-12-24-46(43)53(47,2)3)45-33-38(30-31-42(45)50)37-29-28-35-16-7-8-17-36(35)32-37/h4-18,20-33,39H,1,19,54H2,2-3H3. The van der Waals surface area contributed by atoms with E-state index >= 15 is 0 Å². The van der Waals surface area contributed by atoms with Crippen molar-refractivity contribution in [1.82, 2.24) is 0 Å². The number of rotatable bonds is 6. The quantitative estimate of drug-likeness (QED) is 0.138. The lowest BCUT2D eigenvalue weighted by Crippen LogP contribution is -2.33. The molecule has 0 fully saturated rings. The Morgan fingerprint density at radius 2 is 1.27 bits per heavy atom. The second kappa shape index (κ2) is 12.7. The average Bonchev–Trinajstić information content (AvgIpc) is 3.46. The van der Waals surface area contributed by atoms with Gasteiger partial charge in [-0.1, -0.05) is 172 Å². The van der Waals surface area contributed by atoms with Crippen molar-refractivity contribution in [3.05, 3.63) is 199 Å². The van der Waals surface area contributed by atoms with Crippen LogP contribution in [0.2, 0.25) is 0 Å². The van der Waals surface area contributed by atoms with Gasteiger partial charge in [0.1, 0.15) is 0 Å². The highest BCUT2D eigenvalue weighted by Crippen LogP contribution is 2.54. The second-order valence-corrected chi connectivity index (χ2v) is 15.5. The number of allylic oxidation sites excluding steroid dienone is 2. The molecule has 8 aromatic carbocycles. The Bertz CT molecular complexity index is 2920. The van der Waals surface area contributed by atoms with Crippen molar-refractivity contribution in [2.75, 3.05) is 10.6 Å². The lowest BCUT2D eigenvalue weighted by atomic mass is 9.80. The van der Waals surface area contributed by atoms with Gasteiger partial charge < -0.3 is 10.6 Å². The molecule has 2 aliphatic carbocycles. The third-order valence-electron chi connectivity index (χ3n) is 12.0. The van der Waals surface area contributed by atoms with Crippen LogP contribution < -0.4 is 10.6 Å². The lowest BCUT2D eigenvalue weighted by Gasteiger charge is -2.36. The summed E-state index contributed by atoms with van der Waals surface area (Å²) in [5.74, 6) is 0. The SMILES string of the molecule is C=C(c1c2ccccc2c(-c2cccc3c2-c2ccccc2C3(C)C)c2cc(-c3ccc4ccccc4c3)ccc12)N(c1ccccc1N)C1C=CC=CC1. The topological polar surface area (TPSA) is 29.3 Å². The molecule has 0 aromatic heterocycles. The molecule has 264 valence electrons. The van der Waals surface area contributed by atoms with Crippen LogP contribution in [0.5, 0.6) is 0 Å². The molecule has 10 rings (SSSR count). The Hall–Kier alpha value is -6.64. The minimum Gasteiger partial charge on any atom is -0.397 e. The van der Waals surface area contributed by atoms with Crippen LogP contribution in [0.25, 0.3) is 71.4 Å². The van der Waals surface area contributed by atoms with Crippen LogP contribution >= 0.6 is 0 Å². The van der Waals surface area contributed by atoms with Crippen LogP contribution in [0.1, 0.15) is 37.0 Å². The molecule has 0 saturated carbocycles. The largest absolute Gasteiger partial charge is 0.397 e. The third-order valence-corrected chi connectivity index (χ3v) is 12.0. The van der Waals surface area contributed by atoms with Gasteiger partial charge in [0.25, 0.3) is 0 Å². The molecule has 1 unspecified atom stereocenters. The molecule has 0 saturated heterocycles. The smallest absolute Gasteiger partial charge is 0.0650 e. The highest BCUT2D eigenvalue weighted by atomic mass is 15.2. The highest BCUT2D eigenvalue weighted by molar-refractivity contribution is 6.21. The number of benzene rings is 8. The van der Waals surface area contributed by atoms with Crippen LogP contribution in [0.4, 0.5) is 11.4 Å². The minimum atomic E-state index is -0.115. The normalized spacial score (nSPS) is 15.3. The summed E-state index contributed by atoms with van der Waals surface area (Å²) in [6, 6.07) is 55.5. The summed E-state index contributed by atoms with van der Waals surface area (Å²) in [7, 11) is 0. The van der Waals surface area contributed by atoms with E-state index in [0.29, 0.717) is 0 Å². The van der Waals surface area contributed by atoms with E-state index < -0.39 is 0 Å². The fourth-order valence-corrected chi connectivity index (χ4v) is 9.40. The molecule has 0 spiro atoms. The molecule has 2 N–H and O–H groups in total. The summed E-state index contributed by atoms with van der Waals surface area (Å²) in [5, 5.41) is 7.23. The minimum absolute atomic E-state index is 0.0590. The van der Waals surface area contributed by atoms with Crippen LogP contribution in [-0.4, -0.2) is 6.04 Å². The Morgan fingerprint density at radius 1 is 0.600 bits per heavy atom. The van der Waals surface area contributed by atoms with E-state index in [1.54, 1.807) is 0 Å². The molecule has 2 nitrogen and oxygen atoms in total. The fraction of sp³-hybridized carbons (Fsp3) is 0.0943. The molecule has 55 heavy (non-hydrogen) atoms. The van der Waals surface area contributed by atoms with Gasteiger partial charge >= 0.3 is 0 Å². The predicted octanol–water partition coefficient (Wildman–Crippen LogP) is 13.7. The van der Waals surface area contributed by atoms with Gasteiger partial charge in [0, 0.05) is 16.7 Å². The van der Waals surface area contributed by atoms with Crippen LogP contribution in [-0.2, 0) is 5.41 Å². The zero-order valence-electron chi connectivity index (χ0n) is 31.3. The van der Waals surface area contributed by atoms with Crippen LogP contribution in [0, 0.1) is 0 Å². The van der Waals surface area contributed by atoms with E-state index in [2.05, 4.69) is 183 Å². The van der Waals surface area contributed by atoms with E-state index in [-0.39, 0.29) is 11.5 Å². The molecule has 0 aliphatic heterocycles. The molecule has 2 heteroatoms. The second-order valence-electron chi connectivity index (χ2n) is 15.5. The van der Waals surface area contributed by atoms with E-state index in [1.807, 2.05) is 12.1 Å². The van der Waals surface area contributed by atoms with Crippen molar-refractivity contribution in [3.8, 4) is 33.4 Å². The molecule has 0 heterocycles. The highest BCUT2D eigenvalue weighted by Gasteiger charge is 2.37. The summed E-state index contributed by atoms with van der Waals surface area (Å²) in [5.41, 5.74) is 20.7. The Kier molecular flexibility index (Phi) is 7.64. The van der Waals surface area contributed by atoms with Gasteiger partial charge in [-0.25, -0.2) is 0 Å². The Labute approximate surface area is 323 Å². The summed E-state index contributed by atoms with van der Waals surface area (Å²) < 4.78 is 0. The average molecular weight is 707 g/mol. The first-order valence-corrected chi connectivity index (χ1v) is 19.3. The van der Waals surface area contributed by atoms with E-state index in [0.717, 1.165) is 29.1 Å². The maximum atomic E-state index is 6.78. The van der Waals surface area contributed by atoms with Crippen LogP contribution in [0.3, 0.4) is 0 Å². The van der Waals surface area contributed by atoms with Crippen molar-refractivity contribution < 1.29 is 0 Å². The maximum Gasteiger partial charge on any atom is 0.0650 e. The number of nitrogens with zero attached hydrogens (tertiary/aromatic N) is 1. The lowest BCUT2D eigenvalue weighted by molar-refractivity contribution is 0.660. The molecule has 0 bridgehead atoms. The molecule has 0 radical (unpaired) electrons. The van der Waals surface area contributed by atoms with Gasteiger partial charge in [0.2, 0.25) is 0 Å². The van der Waals surface area contributed by atoms with Gasteiger partial charge in [-0.15, -0.1) is 0 Å². The van der Waals surface area contributed by atoms with Gasteiger partial charge in [-0.2, -0.15) is 0 Å². The zero-order chi connectivity index (χ0) is 37.3. The number of hydrogen-bond donors (Lipinski definition) is 1. The Morgan fingerprint density at radius 3 is 2.11 bits per heavy atom. The van der Waals surface area contributed by atoms with E-state index in [1.165, 1.54) is 76.8 Å². The zero-order valence-corrected chi connectivity index (χ0v) is 31.3. The number of nitrogen functional groups attached to an aromatic ring is 1. The number of para-hydroxylation sites is 2. The molecular weight excluding hydrogens is 665 g/mol. The first kappa shape index (κ1) is 33.0. The first-order valence-electron chi connectivity index (χ1n) is 19.3. The summed E-state index contributed by atoms with van der Waals surface area (Å²) >= 11 is 0. The van der Waals surface area contributed by atoms with Gasteiger partial charge in [0.15, 0.2) is 0 Å². The summed E-state index contributed by atoms with van der Waals surface area (Å²) in [4.78, 5) is 2.35. The fourth-order valence-electron chi connectivity index (χ4n) is 9.40. The monoisotopic (exact) mass is 706 g/mol. The maximum absolute atomic E-state index is 6.78. The van der Waals surface area contributed by atoms with Crippen molar-refractivity contribution in [2.24, 2.45) is 0 Å². The number of nitrogens with two attached hydrogens (primary N) is 1. The molecular formula is C53H42N2. The molecule has 2 aliphatic rings. The first-order chi connectivity index (χ1) is 26.9. The summed E-state index contributed by atoms with van der Waals surface area (Å²) in [6.07, 6.45) is 9.61. The number of anilines is 2. The van der Waals surface area contributed by atoms with Gasteiger partial charge in [-0.3, -0.25) is 0 Å². The van der Waals surface area contributed by atoms with Crippen molar-refractivity contribution in [1.29, 1.82) is 0 Å². The predicted molar refractivity (Wildman–Crippen MR) is 236 cm³/mol. The summed E-state index contributed by atoms with van der Waals surface area (Å²) in [6.45, 7) is 9.68. The molecule has 8 aromatic rings. The van der Waals surface area contributed by atoms with Crippen molar-refractivity contribution >= 4 is 49.4 Å². The van der Waals surface area contributed by atoms with Crippen LogP contribution in [0.15, 0.2) is 183 Å².